The van der Waals surface area contributed by atoms with Gasteiger partial charge < -0.3 is 4.90 Å². The molecule has 1 aliphatic carbocycles. The molecule has 0 aromatic carbocycles. The van der Waals surface area contributed by atoms with E-state index in [2.05, 4.69) is 23.9 Å². The minimum absolute atomic E-state index is 0.728. The van der Waals surface area contributed by atoms with Crippen molar-refractivity contribution in [1.82, 2.24) is 9.80 Å². The molecule has 0 spiro atoms. The normalized spacial score (nSPS) is 30.1. The molecule has 1 saturated carbocycles. The van der Waals surface area contributed by atoms with E-state index in [4.69, 9.17) is 12.2 Å². The topological polar surface area (TPSA) is 6.48 Å². The van der Waals surface area contributed by atoms with Crippen molar-refractivity contribution in [3.63, 3.8) is 0 Å². The smallest absolute Gasteiger partial charge is 0.136 e. The van der Waals surface area contributed by atoms with E-state index in [1.54, 1.807) is 0 Å². The van der Waals surface area contributed by atoms with Crippen molar-refractivity contribution >= 4 is 28.3 Å². The first-order valence-electron chi connectivity index (χ1n) is 7.30. The molecule has 0 amide bonds. The number of piperidine rings is 1. The molecule has 1 saturated heterocycles. The van der Waals surface area contributed by atoms with Crippen molar-refractivity contribution in [1.29, 1.82) is 0 Å². The maximum Gasteiger partial charge on any atom is 0.136 e. The highest BCUT2D eigenvalue weighted by atomic mass is 32.2. The Balaban J connectivity index is 1.94. The highest BCUT2D eigenvalue weighted by Gasteiger charge is 2.32. The number of rotatable bonds is 2. The van der Waals surface area contributed by atoms with Crippen molar-refractivity contribution in [2.45, 2.75) is 56.2 Å². The van der Waals surface area contributed by atoms with Crippen LogP contribution in [-0.4, -0.2) is 52.6 Å². The Labute approximate surface area is 121 Å². The minimum atomic E-state index is 0.728. The lowest BCUT2D eigenvalue weighted by molar-refractivity contribution is 0.135. The second kappa shape index (κ2) is 7.11. The predicted molar refractivity (Wildman–Crippen MR) is 85.3 cm³/mol. The van der Waals surface area contributed by atoms with Crippen LogP contribution in [0.4, 0.5) is 0 Å². The summed E-state index contributed by atoms with van der Waals surface area (Å²) in [4.78, 5) is 4.83. The van der Waals surface area contributed by atoms with E-state index in [0.29, 0.717) is 0 Å². The number of hydrogen-bond acceptors (Lipinski definition) is 3. The molecule has 1 aliphatic heterocycles. The maximum absolute atomic E-state index is 5.48. The third-order valence-corrected chi connectivity index (χ3v) is 6.22. The van der Waals surface area contributed by atoms with Crippen LogP contribution in [0.3, 0.4) is 0 Å². The number of likely N-dealkylation sites (tertiary alicyclic amines) is 1. The van der Waals surface area contributed by atoms with Gasteiger partial charge in [0.1, 0.15) is 4.32 Å². The van der Waals surface area contributed by atoms with Crippen LogP contribution < -0.4 is 0 Å². The lowest BCUT2D eigenvalue weighted by atomic mass is 9.92. The number of nitrogens with zero attached hydrogens (tertiary/aromatic N) is 2. The van der Waals surface area contributed by atoms with E-state index >= 15 is 0 Å². The molecule has 0 aromatic heterocycles. The molecule has 104 valence electrons. The zero-order valence-electron chi connectivity index (χ0n) is 11.7. The Kier molecular flexibility index (Phi) is 5.77. The van der Waals surface area contributed by atoms with Gasteiger partial charge in [0.05, 0.1) is 0 Å². The van der Waals surface area contributed by atoms with Crippen LogP contribution in [0.15, 0.2) is 0 Å². The molecule has 0 N–H and O–H groups in total. The van der Waals surface area contributed by atoms with Crippen molar-refractivity contribution in [3.05, 3.63) is 0 Å². The van der Waals surface area contributed by atoms with Crippen LogP contribution in [0, 0.1) is 0 Å². The van der Waals surface area contributed by atoms with E-state index in [9.17, 15) is 0 Å². The first-order chi connectivity index (χ1) is 8.68. The van der Waals surface area contributed by atoms with Gasteiger partial charge in [-0.05, 0) is 38.8 Å². The highest BCUT2D eigenvalue weighted by Crippen LogP contribution is 2.34. The molecule has 0 aromatic rings. The van der Waals surface area contributed by atoms with E-state index in [1.165, 1.54) is 58.0 Å². The third kappa shape index (κ3) is 3.84. The van der Waals surface area contributed by atoms with E-state index < -0.39 is 0 Å². The first kappa shape index (κ1) is 14.6. The fourth-order valence-electron chi connectivity index (χ4n) is 3.12. The Morgan fingerprint density at radius 1 is 1.06 bits per heavy atom. The Morgan fingerprint density at radius 2 is 1.72 bits per heavy atom. The van der Waals surface area contributed by atoms with Gasteiger partial charge in [-0.1, -0.05) is 43.2 Å². The molecule has 2 nitrogen and oxygen atoms in total. The molecule has 2 atom stereocenters. The summed E-state index contributed by atoms with van der Waals surface area (Å²) in [5.41, 5.74) is 0. The van der Waals surface area contributed by atoms with Gasteiger partial charge in [0.2, 0.25) is 0 Å². The van der Waals surface area contributed by atoms with Gasteiger partial charge in [0, 0.05) is 25.4 Å². The number of thioether (sulfide) groups is 1. The lowest BCUT2D eigenvalue weighted by Crippen LogP contribution is -2.47. The summed E-state index contributed by atoms with van der Waals surface area (Å²) in [6.07, 6.45) is 9.74. The van der Waals surface area contributed by atoms with Gasteiger partial charge in [0.25, 0.3) is 0 Å². The molecule has 2 fully saturated rings. The molecule has 18 heavy (non-hydrogen) atoms. The zero-order chi connectivity index (χ0) is 13.0. The van der Waals surface area contributed by atoms with Gasteiger partial charge >= 0.3 is 0 Å². The van der Waals surface area contributed by atoms with Crippen molar-refractivity contribution < 1.29 is 0 Å². The average Bonchev–Trinajstić information content (AvgIpc) is 2.40. The largest absolute Gasteiger partial charge is 0.364 e. The summed E-state index contributed by atoms with van der Waals surface area (Å²) in [6.45, 7) is 2.63. The Hall–Kier alpha value is 0.200. The Bertz CT molecular complexity index is 275. The minimum Gasteiger partial charge on any atom is -0.364 e. The van der Waals surface area contributed by atoms with Crippen LogP contribution in [0.25, 0.3) is 0 Å². The SMILES string of the molecule is CN(C)C(=S)S[C@H]1CCCC[C@@H]1N1CCCCC1. The summed E-state index contributed by atoms with van der Waals surface area (Å²) in [5.74, 6) is 0. The zero-order valence-corrected chi connectivity index (χ0v) is 13.4. The average molecular weight is 287 g/mol. The van der Waals surface area contributed by atoms with Crippen molar-refractivity contribution in [3.8, 4) is 0 Å². The molecule has 0 unspecified atom stereocenters. The summed E-state index contributed by atoms with van der Waals surface area (Å²) in [5, 5.41) is 0.728. The second-order valence-electron chi connectivity index (χ2n) is 5.77. The fourth-order valence-corrected chi connectivity index (χ4v) is 4.71. The lowest BCUT2D eigenvalue weighted by Gasteiger charge is -2.41. The van der Waals surface area contributed by atoms with Gasteiger partial charge in [-0.3, -0.25) is 4.90 Å². The number of thiocarbonyl (C=S) groups is 1. The van der Waals surface area contributed by atoms with Gasteiger partial charge in [-0.2, -0.15) is 0 Å². The van der Waals surface area contributed by atoms with Crippen LogP contribution in [0.5, 0.6) is 0 Å². The molecule has 2 rings (SSSR count). The van der Waals surface area contributed by atoms with E-state index in [0.717, 1.165) is 15.6 Å². The molecular weight excluding hydrogens is 260 g/mol. The quantitative estimate of drug-likeness (QED) is 0.718. The van der Waals surface area contributed by atoms with E-state index in [1.807, 2.05) is 11.8 Å². The summed E-state index contributed by atoms with van der Waals surface area (Å²) < 4.78 is 1.06. The van der Waals surface area contributed by atoms with Crippen LogP contribution in [0.1, 0.15) is 44.9 Å². The monoisotopic (exact) mass is 286 g/mol. The molecule has 0 radical (unpaired) electrons. The number of hydrogen-bond donors (Lipinski definition) is 0. The van der Waals surface area contributed by atoms with Gasteiger partial charge in [-0.25, -0.2) is 0 Å². The standard InChI is InChI=1S/C14H26N2S2/c1-15(2)14(17)18-13-9-5-4-8-12(13)16-10-6-3-7-11-16/h12-13H,3-11H2,1-2H3/t12-,13-/m0/s1. The van der Waals surface area contributed by atoms with Crippen LogP contribution in [-0.2, 0) is 0 Å². The van der Waals surface area contributed by atoms with Crippen molar-refractivity contribution in [2.24, 2.45) is 0 Å². The molecule has 0 bridgehead atoms. The Morgan fingerprint density at radius 3 is 2.39 bits per heavy atom. The molecule has 4 heteroatoms. The fraction of sp³-hybridized carbons (Fsp3) is 0.929. The summed E-state index contributed by atoms with van der Waals surface area (Å²) in [6, 6.07) is 0.780. The van der Waals surface area contributed by atoms with Crippen LogP contribution >= 0.6 is 24.0 Å². The second-order valence-corrected chi connectivity index (χ2v) is 7.64. The summed E-state index contributed by atoms with van der Waals surface area (Å²) in [7, 11) is 4.13. The van der Waals surface area contributed by atoms with E-state index in [-0.39, 0.29) is 0 Å². The highest BCUT2D eigenvalue weighted by molar-refractivity contribution is 8.23. The van der Waals surface area contributed by atoms with Gasteiger partial charge in [0.15, 0.2) is 0 Å². The van der Waals surface area contributed by atoms with Gasteiger partial charge in [-0.15, -0.1) is 0 Å². The molecular formula is C14H26N2S2. The first-order valence-corrected chi connectivity index (χ1v) is 8.59. The molecule has 2 aliphatic rings. The maximum atomic E-state index is 5.48. The van der Waals surface area contributed by atoms with Crippen molar-refractivity contribution in [2.75, 3.05) is 27.2 Å². The molecule has 1 heterocycles. The third-order valence-electron chi connectivity index (χ3n) is 4.14. The summed E-state index contributed by atoms with van der Waals surface area (Å²) >= 11 is 7.43. The van der Waals surface area contributed by atoms with Crippen LogP contribution in [0.2, 0.25) is 0 Å². The predicted octanol–water partition coefficient (Wildman–Crippen LogP) is 3.36.